The fourth-order valence-corrected chi connectivity index (χ4v) is 3.18. The van der Waals surface area contributed by atoms with Crippen LogP contribution >= 0.6 is 0 Å². The number of ether oxygens (including phenoxy) is 2. The van der Waals surface area contributed by atoms with Crippen molar-refractivity contribution < 1.29 is 14.3 Å². The van der Waals surface area contributed by atoms with Crippen LogP contribution in [0, 0.1) is 0 Å². The SMILES string of the molecule is COc1cc(C(=O)NCCc2cn3ccccc3n2)ccc1OCc1ccccc1. The number of methoxy groups -OCH3 is 1. The Kier molecular flexibility index (Phi) is 5.94. The maximum Gasteiger partial charge on any atom is 0.251 e. The summed E-state index contributed by atoms with van der Waals surface area (Å²) in [6.07, 6.45) is 4.59. The summed E-state index contributed by atoms with van der Waals surface area (Å²) in [5.74, 6) is 0.966. The van der Waals surface area contributed by atoms with E-state index in [4.69, 9.17) is 9.47 Å². The van der Waals surface area contributed by atoms with Crippen LogP contribution in [0.25, 0.3) is 5.65 Å². The lowest BCUT2D eigenvalue weighted by Crippen LogP contribution is -2.25. The fraction of sp³-hybridized carbons (Fsp3) is 0.167. The molecule has 4 rings (SSSR count). The van der Waals surface area contributed by atoms with Gasteiger partial charge in [0, 0.05) is 30.9 Å². The van der Waals surface area contributed by atoms with Gasteiger partial charge in [-0.05, 0) is 35.9 Å². The first-order chi connectivity index (χ1) is 14.7. The molecule has 0 bridgehead atoms. The zero-order valence-electron chi connectivity index (χ0n) is 16.7. The second kappa shape index (κ2) is 9.13. The Morgan fingerprint density at radius 2 is 1.87 bits per heavy atom. The second-order valence-electron chi connectivity index (χ2n) is 6.84. The predicted molar refractivity (Wildman–Crippen MR) is 115 cm³/mol. The van der Waals surface area contributed by atoms with E-state index in [1.54, 1.807) is 25.3 Å². The van der Waals surface area contributed by atoms with Crippen LogP contribution in [0.3, 0.4) is 0 Å². The summed E-state index contributed by atoms with van der Waals surface area (Å²) in [6.45, 7) is 0.930. The summed E-state index contributed by atoms with van der Waals surface area (Å²) in [7, 11) is 1.57. The van der Waals surface area contributed by atoms with Gasteiger partial charge in [-0.2, -0.15) is 0 Å². The molecule has 2 aromatic heterocycles. The molecule has 152 valence electrons. The van der Waals surface area contributed by atoms with Gasteiger partial charge in [-0.1, -0.05) is 36.4 Å². The summed E-state index contributed by atoms with van der Waals surface area (Å²) in [6, 6.07) is 21.0. The van der Waals surface area contributed by atoms with Gasteiger partial charge in [0.05, 0.1) is 12.8 Å². The molecular formula is C24H23N3O3. The standard InChI is InChI=1S/C24H23N3O3/c1-29-22-15-19(10-11-21(22)30-17-18-7-3-2-4-8-18)24(28)25-13-12-20-16-27-14-6-5-9-23(27)26-20/h2-11,14-16H,12-13,17H2,1H3,(H,25,28). The zero-order chi connectivity index (χ0) is 20.8. The van der Waals surface area contributed by atoms with Crippen molar-refractivity contribution in [3.8, 4) is 11.5 Å². The Morgan fingerprint density at radius 3 is 2.67 bits per heavy atom. The van der Waals surface area contributed by atoms with Gasteiger partial charge in [-0.3, -0.25) is 4.79 Å². The van der Waals surface area contributed by atoms with Gasteiger partial charge in [0.25, 0.3) is 5.91 Å². The van der Waals surface area contributed by atoms with Gasteiger partial charge < -0.3 is 19.2 Å². The molecule has 0 radical (unpaired) electrons. The number of benzene rings is 2. The molecule has 6 heteroatoms. The molecule has 0 aliphatic rings. The summed E-state index contributed by atoms with van der Waals surface area (Å²) in [5.41, 5.74) is 3.42. The topological polar surface area (TPSA) is 64.9 Å². The average molecular weight is 401 g/mol. The Labute approximate surface area is 175 Å². The van der Waals surface area contributed by atoms with Crippen LogP contribution in [0.5, 0.6) is 11.5 Å². The van der Waals surface area contributed by atoms with Crippen molar-refractivity contribution in [2.45, 2.75) is 13.0 Å². The number of amides is 1. The molecule has 0 spiro atoms. The second-order valence-corrected chi connectivity index (χ2v) is 6.84. The molecule has 2 aromatic carbocycles. The molecule has 0 saturated heterocycles. The number of aromatic nitrogens is 2. The Balaban J connectivity index is 1.35. The molecule has 0 fully saturated rings. The number of nitrogens with one attached hydrogen (secondary N) is 1. The van der Waals surface area contributed by atoms with Crippen molar-refractivity contribution >= 4 is 11.6 Å². The first-order valence-corrected chi connectivity index (χ1v) is 9.78. The molecule has 0 atom stereocenters. The lowest BCUT2D eigenvalue weighted by molar-refractivity contribution is 0.0953. The van der Waals surface area contributed by atoms with Crippen molar-refractivity contribution in [3.05, 3.63) is 95.9 Å². The summed E-state index contributed by atoms with van der Waals surface area (Å²) < 4.78 is 13.2. The lowest BCUT2D eigenvalue weighted by atomic mass is 10.2. The minimum absolute atomic E-state index is 0.160. The highest BCUT2D eigenvalue weighted by atomic mass is 16.5. The van der Waals surface area contributed by atoms with Crippen molar-refractivity contribution in [1.29, 1.82) is 0 Å². The molecular weight excluding hydrogens is 378 g/mol. The molecule has 1 amide bonds. The van der Waals surface area contributed by atoms with E-state index in [2.05, 4.69) is 10.3 Å². The van der Waals surface area contributed by atoms with E-state index in [0.717, 1.165) is 16.9 Å². The van der Waals surface area contributed by atoms with Gasteiger partial charge >= 0.3 is 0 Å². The molecule has 6 nitrogen and oxygen atoms in total. The fourth-order valence-electron chi connectivity index (χ4n) is 3.18. The number of nitrogens with zero attached hydrogens (tertiary/aromatic N) is 2. The van der Waals surface area contributed by atoms with Gasteiger partial charge in [0.15, 0.2) is 11.5 Å². The zero-order valence-corrected chi connectivity index (χ0v) is 16.7. The molecule has 4 aromatic rings. The summed E-state index contributed by atoms with van der Waals surface area (Å²) >= 11 is 0. The van der Waals surface area contributed by atoms with Crippen LogP contribution in [0.4, 0.5) is 0 Å². The normalized spacial score (nSPS) is 10.7. The van der Waals surface area contributed by atoms with Crippen LogP contribution < -0.4 is 14.8 Å². The number of rotatable bonds is 8. The highest BCUT2D eigenvalue weighted by Crippen LogP contribution is 2.28. The van der Waals surface area contributed by atoms with E-state index in [0.29, 0.717) is 36.6 Å². The van der Waals surface area contributed by atoms with E-state index in [1.807, 2.05) is 65.3 Å². The van der Waals surface area contributed by atoms with E-state index in [9.17, 15) is 4.79 Å². The first-order valence-electron chi connectivity index (χ1n) is 9.78. The molecule has 2 heterocycles. The number of hydrogen-bond acceptors (Lipinski definition) is 4. The van der Waals surface area contributed by atoms with E-state index < -0.39 is 0 Å². The summed E-state index contributed by atoms with van der Waals surface area (Å²) in [4.78, 5) is 17.1. The minimum Gasteiger partial charge on any atom is -0.493 e. The third-order valence-electron chi connectivity index (χ3n) is 4.74. The highest BCUT2D eigenvalue weighted by Gasteiger charge is 2.12. The van der Waals surface area contributed by atoms with Crippen molar-refractivity contribution in [1.82, 2.24) is 14.7 Å². The Morgan fingerprint density at radius 1 is 1.03 bits per heavy atom. The van der Waals surface area contributed by atoms with Crippen LogP contribution in [0.2, 0.25) is 0 Å². The molecule has 0 aliphatic carbocycles. The number of carbonyl (C=O) groups is 1. The third kappa shape index (κ3) is 4.60. The van der Waals surface area contributed by atoms with Crippen molar-refractivity contribution in [2.24, 2.45) is 0 Å². The number of hydrogen-bond donors (Lipinski definition) is 1. The Hall–Kier alpha value is -3.80. The number of fused-ring (bicyclic) bond motifs is 1. The molecule has 0 unspecified atom stereocenters. The van der Waals surface area contributed by atoms with Gasteiger partial charge in [-0.25, -0.2) is 4.98 Å². The number of imidazole rings is 1. The van der Waals surface area contributed by atoms with Crippen LogP contribution in [0.1, 0.15) is 21.6 Å². The van der Waals surface area contributed by atoms with E-state index in [-0.39, 0.29) is 5.91 Å². The maximum absolute atomic E-state index is 12.5. The van der Waals surface area contributed by atoms with Gasteiger partial charge in [0.2, 0.25) is 0 Å². The van der Waals surface area contributed by atoms with E-state index >= 15 is 0 Å². The van der Waals surface area contributed by atoms with Crippen LogP contribution in [0.15, 0.2) is 79.1 Å². The van der Waals surface area contributed by atoms with Crippen molar-refractivity contribution in [3.63, 3.8) is 0 Å². The lowest BCUT2D eigenvalue weighted by Gasteiger charge is -2.12. The maximum atomic E-state index is 12.5. The first kappa shape index (κ1) is 19.5. The molecule has 0 aliphatic heterocycles. The average Bonchev–Trinajstić information content (AvgIpc) is 3.21. The molecule has 0 saturated carbocycles. The molecule has 30 heavy (non-hydrogen) atoms. The number of carbonyl (C=O) groups excluding carboxylic acids is 1. The van der Waals surface area contributed by atoms with Crippen LogP contribution in [-0.4, -0.2) is 28.9 Å². The molecule has 1 N–H and O–H groups in total. The third-order valence-corrected chi connectivity index (χ3v) is 4.74. The van der Waals surface area contributed by atoms with Crippen molar-refractivity contribution in [2.75, 3.05) is 13.7 Å². The Bertz CT molecular complexity index is 1110. The van der Waals surface area contributed by atoms with Crippen LogP contribution in [-0.2, 0) is 13.0 Å². The van der Waals surface area contributed by atoms with Gasteiger partial charge in [0.1, 0.15) is 12.3 Å². The quantitative estimate of drug-likeness (QED) is 0.486. The largest absolute Gasteiger partial charge is 0.493 e. The van der Waals surface area contributed by atoms with Gasteiger partial charge in [-0.15, -0.1) is 0 Å². The predicted octanol–water partition coefficient (Wildman–Crippen LogP) is 3.89. The highest BCUT2D eigenvalue weighted by molar-refractivity contribution is 5.94. The smallest absolute Gasteiger partial charge is 0.251 e. The summed E-state index contributed by atoms with van der Waals surface area (Å²) in [5, 5.41) is 2.94. The number of pyridine rings is 1. The van der Waals surface area contributed by atoms with E-state index in [1.165, 1.54) is 0 Å². The monoisotopic (exact) mass is 401 g/mol. The minimum atomic E-state index is -0.160.